The molecule has 22 heavy (non-hydrogen) atoms. The number of hydrogen-bond acceptors (Lipinski definition) is 2. The molecular weight excluding hydrogens is 296 g/mol. The zero-order valence-corrected chi connectivity index (χ0v) is 13.6. The van der Waals surface area contributed by atoms with Crippen LogP contribution in [0, 0.1) is 0 Å². The lowest BCUT2D eigenvalue weighted by Gasteiger charge is -2.37. The van der Waals surface area contributed by atoms with Crippen LogP contribution in [-0.2, 0) is 0 Å². The Bertz CT molecular complexity index is 638. The lowest BCUT2D eigenvalue weighted by Crippen LogP contribution is -3.14. The summed E-state index contributed by atoms with van der Waals surface area (Å²) in [7, 11) is 0. The normalized spacial score (nSPS) is 17.5. The van der Waals surface area contributed by atoms with Gasteiger partial charge in [0.2, 0.25) is 0 Å². The van der Waals surface area contributed by atoms with E-state index < -0.39 is 0 Å². The predicted molar refractivity (Wildman–Crippen MR) is 90.9 cm³/mol. The molecule has 1 aliphatic rings. The smallest absolute Gasteiger partial charge is 0.138 e. The first-order valence-electron chi connectivity index (χ1n) is 7.79. The summed E-state index contributed by atoms with van der Waals surface area (Å²) in [4.78, 5) is 3.80. The zero-order valence-electron chi connectivity index (χ0n) is 12.8. The molecule has 1 saturated heterocycles. The molecule has 2 aromatic carbocycles. The maximum Gasteiger partial charge on any atom is 0.138 e. The molecule has 0 saturated carbocycles. The molecule has 0 aliphatic carbocycles. The Hall–Kier alpha value is -1.71. The fourth-order valence-electron chi connectivity index (χ4n) is 3.25. The van der Waals surface area contributed by atoms with E-state index in [1.165, 1.54) is 5.56 Å². The van der Waals surface area contributed by atoms with Gasteiger partial charge in [0.25, 0.3) is 0 Å². The topological polar surface area (TPSA) is 27.9 Å². The van der Waals surface area contributed by atoms with Crippen molar-refractivity contribution in [1.82, 2.24) is 0 Å². The van der Waals surface area contributed by atoms with Crippen molar-refractivity contribution in [2.75, 3.05) is 31.1 Å². The van der Waals surface area contributed by atoms with Gasteiger partial charge in [-0.25, -0.2) is 0 Å². The lowest BCUT2D eigenvalue weighted by molar-refractivity contribution is -0.930. The number of piperazine rings is 1. The largest absolute Gasteiger partial charge is 0.506 e. The molecule has 2 N–H and O–H groups in total. The summed E-state index contributed by atoms with van der Waals surface area (Å²) in [5.41, 5.74) is 2.15. The molecule has 116 valence electrons. The van der Waals surface area contributed by atoms with Crippen LogP contribution in [0.3, 0.4) is 0 Å². The third-order valence-electron chi connectivity index (χ3n) is 4.61. The molecule has 0 radical (unpaired) electrons. The van der Waals surface area contributed by atoms with Crippen LogP contribution < -0.4 is 9.80 Å². The van der Waals surface area contributed by atoms with Crippen molar-refractivity contribution in [3.8, 4) is 5.75 Å². The van der Waals surface area contributed by atoms with Crippen LogP contribution in [0.1, 0.15) is 18.5 Å². The van der Waals surface area contributed by atoms with E-state index in [4.69, 9.17) is 11.6 Å². The predicted octanol–water partition coefficient (Wildman–Crippen LogP) is 2.51. The first-order valence-corrected chi connectivity index (χ1v) is 8.16. The van der Waals surface area contributed by atoms with Crippen LogP contribution in [0.15, 0.2) is 48.5 Å². The van der Waals surface area contributed by atoms with Crippen molar-refractivity contribution >= 4 is 17.3 Å². The number of aromatic hydroxyl groups is 1. The lowest BCUT2D eigenvalue weighted by atomic mass is 10.1. The van der Waals surface area contributed by atoms with Crippen LogP contribution in [0.25, 0.3) is 0 Å². The minimum absolute atomic E-state index is 0.366. The van der Waals surface area contributed by atoms with Gasteiger partial charge < -0.3 is 14.9 Å². The van der Waals surface area contributed by atoms with Gasteiger partial charge in [-0.3, -0.25) is 0 Å². The van der Waals surface area contributed by atoms with E-state index in [1.807, 2.05) is 30.3 Å². The van der Waals surface area contributed by atoms with Crippen LogP contribution in [-0.4, -0.2) is 31.3 Å². The Kier molecular flexibility index (Phi) is 4.55. The summed E-state index contributed by atoms with van der Waals surface area (Å²) in [6.07, 6.45) is 0. The van der Waals surface area contributed by atoms with Crippen molar-refractivity contribution in [1.29, 1.82) is 0 Å². The molecule has 1 aliphatic heterocycles. The number of quaternary nitrogens is 1. The molecule has 3 nitrogen and oxygen atoms in total. The average molecular weight is 318 g/mol. The van der Waals surface area contributed by atoms with E-state index in [2.05, 4.69) is 24.0 Å². The minimum Gasteiger partial charge on any atom is -0.506 e. The van der Waals surface area contributed by atoms with Crippen molar-refractivity contribution in [3.05, 3.63) is 59.1 Å². The van der Waals surface area contributed by atoms with Gasteiger partial charge in [0, 0.05) is 10.6 Å². The van der Waals surface area contributed by atoms with Gasteiger partial charge in [0.05, 0.1) is 31.9 Å². The highest BCUT2D eigenvalue weighted by Crippen LogP contribution is 2.26. The second-order valence-corrected chi connectivity index (χ2v) is 6.28. The van der Waals surface area contributed by atoms with E-state index >= 15 is 0 Å². The van der Waals surface area contributed by atoms with E-state index in [0.717, 1.165) is 36.9 Å². The minimum atomic E-state index is 0.366. The molecule has 0 amide bonds. The Morgan fingerprint density at radius 2 is 1.68 bits per heavy atom. The number of hydrogen-bond donors (Lipinski definition) is 2. The zero-order chi connectivity index (χ0) is 15.5. The Morgan fingerprint density at radius 3 is 2.36 bits per heavy atom. The maximum atomic E-state index is 9.99. The molecule has 0 aromatic heterocycles. The number of benzene rings is 2. The third kappa shape index (κ3) is 3.06. The molecule has 1 atom stereocenters. The van der Waals surface area contributed by atoms with E-state index in [-0.39, 0.29) is 0 Å². The van der Waals surface area contributed by atoms with E-state index in [1.54, 1.807) is 11.0 Å². The van der Waals surface area contributed by atoms with Gasteiger partial charge in [-0.1, -0.05) is 41.9 Å². The molecule has 2 aromatic rings. The van der Waals surface area contributed by atoms with Crippen molar-refractivity contribution in [2.24, 2.45) is 0 Å². The van der Waals surface area contributed by atoms with Crippen molar-refractivity contribution in [3.63, 3.8) is 0 Å². The summed E-state index contributed by atoms with van der Waals surface area (Å²) in [6, 6.07) is 16.1. The van der Waals surface area contributed by atoms with E-state index in [9.17, 15) is 5.11 Å². The molecule has 1 heterocycles. The number of rotatable bonds is 3. The summed E-state index contributed by atoms with van der Waals surface area (Å²) in [5.74, 6) is 0.366. The van der Waals surface area contributed by atoms with Gasteiger partial charge in [-0.2, -0.15) is 0 Å². The molecular formula is C18H22ClN2O+. The highest BCUT2D eigenvalue weighted by Gasteiger charge is 2.27. The summed E-state index contributed by atoms with van der Waals surface area (Å²) in [5, 5.41) is 10.8. The van der Waals surface area contributed by atoms with Crippen LogP contribution in [0.2, 0.25) is 5.02 Å². The first-order chi connectivity index (χ1) is 10.7. The molecule has 4 heteroatoms. The Balaban J connectivity index is 1.67. The molecule has 3 rings (SSSR count). The first kappa shape index (κ1) is 15.2. The SMILES string of the molecule is C[C@@H](c1ccccc1Cl)[NH+]1CCN(c2ccccc2O)CC1. The van der Waals surface area contributed by atoms with Gasteiger partial charge in [-0.15, -0.1) is 0 Å². The van der Waals surface area contributed by atoms with Crippen LogP contribution in [0.4, 0.5) is 5.69 Å². The number of halogens is 1. The highest BCUT2D eigenvalue weighted by atomic mass is 35.5. The quantitative estimate of drug-likeness (QED) is 0.910. The number of para-hydroxylation sites is 2. The van der Waals surface area contributed by atoms with E-state index in [0.29, 0.717) is 11.8 Å². The molecule has 1 fully saturated rings. The van der Waals surface area contributed by atoms with Crippen molar-refractivity contribution < 1.29 is 10.0 Å². The number of anilines is 1. The fraction of sp³-hybridized carbons (Fsp3) is 0.333. The van der Waals surface area contributed by atoms with Crippen molar-refractivity contribution in [2.45, 2.75) is 13.0 Å². The number of nitrogens with one attached hydrogen (secondary N) is 1. The van der Waals surface area contributed by atoms with Gasteiger partial charge >= 0.3 is 0 Å². The number of nitrogens with zero attached hydrogens (tertiary/aromatic N) is 1. The van der Waals surface area contributed by atoms with Crippen LogP contribution >= 0.6 is 11.6 Å². The number of phenolic OH excluding ortho intramolecular Hbond substituents is 1. The highest BCUT2D eigenvalue weighted by molar-refractivity contribution is 6.31. The molecule has 0 bridgehead atoms. The standard InChI is InChI=1S/C18H21ClN2O/c1-14(15-6-2-3-7-16(15)19)20-10-12-21(13-11-20)17-8-4-5-9-18(17)22/h2-9,14,22H,10-13H2,1H3/p+1/t14-/m0/s1. The summed E-state index contributed by atoms with van der Waals surface area (Å²) < 4.78 is 0. The van der Waals surface area contributed by atoms with Crippen LogP contribution in [0.5, 0.6) is 5.75 Å². The van der Waals surface area contributed by atoms with Gasteiger partial charge in [-0.05, 0) is 25.1 Å². The second-order valence-electron chi connectivity index (χ2n) is 5.88. The number of phenols is 1. The monoisotopic (exact) mass is 317 g/mol. The third-order valence-corrected chi connectivity index (χ3v) is 4.96. The Morgan fingerprint density at radius 1 is 1.05 bits per heavy atom. The summed E-state index contributed by atoms with van der Waals surface area (Å²) >= 11 is 6.33. The maximum absolute atomic E-state index is 9.99. The second kappa shape index (κ2) is 6.59. The molecule has 0 spiro atoms. The van der Waals surface area contributed by atoms with Gasteiger partial charge in [0.1, 0.15) is 11.8 Å². The summed E-state index contributed by atoms with van der Waals surface area (Å²) in [6.45, 7) is 6.22. The molecule has 0 unspecified atom stereocenters. The average Bonchev–Trinajstić information content (AvgIpc) is 2.55. The fourth-order valence-corrected chi connectivity index (χ4v) is 3.54. The van der Waals surface area contributed by atoms with Gasteiger partial charge in [0.15, 0.2) is 0 Å². The Labute approximate surface area is 136 Å².